The fourth-order valence-corrected chi connectivity index (χ4v) is 7.85. The molecule has 0 aliphatic carbocycles. The molecule has 0 atom stereocenters. The molecule has 0 amide bonds. The molecule has 11 rings (SSSR count). The van der Waals surface area contributed by atoms with Gasteiger partial charge in [0, 0.05) is 32.7 Å². The van der Waals surface area contributed by atoms with Gasteiger partial charge in [0.25, 0.3) is 0 Å². The van der Waals surface area contributed by atoms with Crippen molar-refractivity contribution in [2.45, 2.75) is 0 Å². The first-order valence-electron chi connectivity index (χ1n) is 18.0. The number of para-hydroxylation sites is 2. The Morgan fingerprint density at radius 1 is 0.296 bits per heavy atom. The van der Waals surface area contributed by atoms with Gasteiger partial charge < -0.3 is 8.83 Å². The van der Waals surface area contributed by atoms with Crippen molar-refractivity contribution in [3.05, 3.63) is 176 Å². The molecular weight excluding hydrogens is 663 g/mol. The Morgan fingerprint density at radius 2 is 0.889 bits per heavy atom. The van der Waals surface area contributed by atoms with Crippen LogP contribution in [0.3, 0.4) is 0 Å². The van der Waals surface area contributed by atoms with Crippen LogP contribution in [0.1, 0.15) is 0 Å². The summed E-state index contributed by atoms with van der Waals surface area (Å²) in [6.45, 7) is 0. The number of rotatable bonds is 5. The molecule has 54 heavy (non-hydrogen) atoms. The third kappa shape index (κ3) is 4.83. The smallest absolute Gasteiger partial charge is 0.167 e. The summed E-state index contributed by atoms with van der Waals surface area (Å²) in [6, 6.07) is 60.4. The van der Waals surface area contributed by atoms with Gasteiger partial charge in [-0.05, 0) is 69.4 Å². The lowest BCUT2D eigenvalue weighted by Gasteiger charge is -2.14. The highest BCUT2D eigenvalue weighted by Crippen LogP contribution is 2.43. The van der Waals surface area contributed by atoms with Gasteiger partial charge in [0.1, 0.15) is 22.3 Å². The van der Waals surface area contributed by atoms with Crippen LogP contribution in [-0.4, -0.2) is 15.0 Å². The third-order valence-electron chi connectivity index (χ3n) is 10.4. The Morgan fingerprint density at radius 3 is 1.70 bits per heavy atom. The SMILES string of the molecule is c1ccc(-c2ccc3c(c2)oc2cccc(-c4ccc(-c5nc(-c6ccccc6)nc(-c6cccc7c6oc6ccccc67)n5)c5ccccc45)c23)cc1. The van der Waals surface area contributed by atoms with Crippen LogP contribution in [0.15, 0.2) is 185 Å². The second-order valence-electron chi connectivity index (χ2n) is 13.5. The lowest BCUT2D eigenvalue weighted by molar-refractivity contribution is 0.669. The normalized spacial score (nSPS) is 11.7. The molecule has 3 aromatic heterocycles. The number of furan rings is 2. The van der Waals surface area contributed by atoms with E-state index in [1.807, 2.05) is 66.7 Å². The number of hydrogen-bond donors (Lipinski definition) is 0. The summed E-state index contributed by atoms with van der Waals surface area (Å²) >= 11 is 0. The van der Waals surface area contributed by atoms with Crippen LogP contribution in [-0.2, 0) is 0 Å². The summed E-state index contributed by atoms with van der Waals surface area (Å²) in [4.78, 5) is 15.4. The number of hydrogen-bond acceptors (Lipinski definition) is 5. The second-order valence-corrected chi connectivity index (χ2v) is 13.5. The van der Waals surface area contributed by atoms with E-state index in [0.717, 1.165) is 93.6 Å². The van der Waals surface area contributed by atoms with Crippen LogP contribution < -0.4 is 0 Å². The molecule has 5 nitrogen and oxygen atoms in total. The van der Waals surface area contributed by atoms with Crippen LogP contribution in [0.25, 0.3) is 111 Å². The van der Waals surface area contributed by atoms with Gasteiger partial charge in [-0.1, -0.05) is 140 Å². The quantitative estimate of drug-likeness (QED) is 0.180. The molecule has 0 spiro atoms. The molecule has 252 valence electrons. The van der Waals surface area contributed by atoms with E-state index in [0.29, 0.717) is 17.5 Å². The average molecular weight is 692 g/mol. The minimum absolute atomic E-state index is 0.557. The summed E-state index contributed by atoms with van der Waals surface area (Å²) in [5.41, 5.74) is 10.5. The first-order valence-corrected chi connectivity index (χ1v) is 18.0. The Hall–Kier alpha value is -7.37. The molecule has 0 saturated carbocycles. The van der Waals surface area contributed by atoms with Crippen molar-refractivity contribution in [3.63, 3.8) is 0 Å². The zero-order valence-corrected chi connectivity index (χ0v) is 28.9. The van der Waals surface area contributed by atoms with Crippen molar-refractivity contribution in [1.82, 2.24) is 15.0 Å². The fourth-order valence-electron chi connectivity index (χ4n) is 7.85. The number of nitrogens with zero attached hydrogens (tertiary/aromatic N) is 3. The molecule has 0 unspecified atom stereocenters. The van der Waals surface area contributed by atoms with Crippen LogP contribution >= 0.6 is 0 Å². The van der Waals surface area contributed by atoms with E-state index in [-0.39, 0.29) is 0 Å². The highest BCUT2D eigenvalue weighted by molar-refractivity contribution is 6.17. The molecule has 0 bridgehead atoms. The standard InChI is InChI=1S/C49H29N3O2/c1-3-13-30(14-4-1)32-25-26-40-44(29-32)53-43-24-12-20-37(45(40)43)35-27-28-39(34-18-8-7-17-33(34)35)48-50-47(31-15-5-2-6-16-31)51-49(52-48)41-22-11-21-38-36-19-9-10-23-42(36)54-46(38)41/h1-29H. The van der Waals surface area contributed by atoms with Gasteiger partial charge >= 0.3 is 0 Å². The summed E-state index contributed by atoms with van der Waals surface area (Å²) in [6.07, 6.45) is 0. The van der Waals surface area contributed by atoms with Crippen molar-refractivity contribution in [3.8, 4) is 56.4 Å². The van der Waals surface area contributed by atoms with Gasteiger partial charge in [-0.15, -0.1) is 0 Å². The van der Waals surface area contributed by atoms with Gasteiger partial charge in [0.05, 0.1) is 5.56 Å². The average Bonchev–Trinajstić information content (AvgIpc) is 3.82. The Bertz CT molecular complexity index is 3220. The van der Waals surface area contributed by atoms with E-state index in [1.54, 1.807) is 0 Å². The van der Waals surface area contributed by atoms with Crippen molar-refractivity contribution in [2.24, 2.45) is 0 Å². The molecular formula is C49H29N3O2. The molecule has 5 heteroatoms. The first kappa shape index (κ1) is 30.3. The van der Waals surface area contributed by atoms with Crippen molar-refractivity contribution < 1.29 is 8.83 Å². The molecule has 0 N–H and O–H groups in total. The molecule has 0 aliphatic heterocycles. The molecule has 0 radical (unpaired) electrons. The summed E-state index contributed by atoms with van der Waals surface area (Å²) in [5, 5.41) is 6.41. The molecule has 0 saturated heterocycles. The van der Waals surface area contributed by atoms with Crippen LogP contribution in [0.4, 0.5) is 0 Å². The van der Waals surface area contributed by atoms with Gasteiger partial charge in [-0.2, -0.15) is 0 Å². The second kappa shape index (κ2) is 12.1. The zero-order valence-electron chi connectivity index (χ0n) is 28.9. The molecule has 3 heterocycles. The number of fused-ring (bicyclic) bond motifs is 7. The maximum absolute atomic E-state index is 6.51. The molecule has 0 aliphatic rings. The maximum Gasteiger partial charge on any atom is 0.167 e. The van der Waals surface area contributed by atoms with Crippen LogP contribution in [0.5, 0.6) is 0 Å². The zero-order chi connectivity index (χ0) is 35.6. The highest BCUT2D eigenvalue weighted by atomic mass is 16.3. The molecule has 0 fully saturated rings. The van der Waals surface area contributed by atoms with Crippen LogP contribution in [0.2, 0.25) is 0 Å². The van der Waals surface area contributed by atoms with E-state index in [2.05, 4.69) is 109 Å². The van der Waals surface area contributed by atoms with E-state index in [4.69, 9.17) is 23.8 Å². The molecule has 8 aromatic carbocycles. The Kier molecular flexibility index (Phi) is 6.79. The largest absolute Gasteiger partial charge is 0.456 e. The van der Waals surface area contributed by atoms with Crippen molar-refractivity contribution >= 4 is 54.6 Å². The van der Waals surface area contributed by atoms with Gasteiger partial charge in [0.2, 0.25) is 0 Å². The monoisotopic (exact) mass is 691 g/mol. The van der Waals surface area contributed by atoms with E-state index in [9.17, 15) is 0 Å². The van der Waals surface area contributed by atoms with Gasteiger partial charge in [-0.3, -0.25) is 0 Å². The lowest BCUT2D eigenvalue weighted by Crippen LogP contribution is -2.01. The first-order chi connectivity index (χ1) is 26.8. The van der Waals surface area contributed by atoms with Crippen molar-refractivity contribution in [1.29, 1.82) is 0 Å². The Labute approximate surface area is 309 Å². The maximum atomic E-state index is 6.51. The van der Waals surface area contributed by atoms with Crippen LogP contribution in [0, 0.1) is 0 Å². The van der Waals surface area contributed by atoms with E-state index < -0.39 is 0 Å². The van der Waals surface area contributed by atoms with E-state index in [1.165, 1.54) is 0 Å². The fraction of sp³-hybridized carbons (Fsp3) is 0. The van der Waals surface area contributed by atoms with Gasteiger partial charge in [0.15, 0.2) is 17.5 Å². The lowest BCUT2D eigenvalue weighted by atomic mass is 9.92. The van der Waals surface area contributed by atoms with Crippen molar-refractivity contribution in [2.75, 3.05) is 0 Å². The summed E-state index contributed by atoms with van der Waals surface area (Å²) in [7, 11) is 0. The highest BCUT2D eigenvalue weighted by Gasteiger charge is 2.21. The predicted octanol–water partition coefficient (Wildman–Crippen LogP) is 13.2. The minimum Gasteiger partial charge on any atom is -0.456 e. The number of benzene rings is 8. The number of aromatic nitrogens is 3. The summed E-state index contributed by atoms with van der Waals surface area (Å²) in [5.74, 6) is 1.75. The van der Waals surface area contributed by atoms with E-state index >= 15 is 0 Å². The topological polar surface area (TPSA) is 65.0 Å². The molecule has 11 aromatic rings. The summed E-state index contributed by atoms with van der Waals surface area (Å²) < 4.78 is 13.0. The third-order valence-corrected chi connectivity index (χ3v) is 10.4. The Balaban J connectivity index is 1.11. The van der Waals surface area contributed by atoms with Gasteiger partial charge in [-0.25, -0.2) is 15.0 Å². The predicted molar refractivity (Wildman–Crippen MR) is 219 cm³/mol. The minimum atomic E-state index is 0.557.